The van der Waals surface area contributed by atoms with E-state index in [1.165, 1.54) is 21.0 Å². The van der Waals surface area contributed by atoms with Crippen LogP contribution in [0.3, 0.4) is 0 Å². The van der Waals surface area contributed by atoms with Crippen LogP contribution in [0.15, 0.2) is 109 Å². The van der Waals surface area contributed by atoms with E-state index in [2.05, 4.69) is 10.2 Å². The number of carbonyl (C=O) groups is 1. The van der Waals surface area contributed by atoms with Gasteiger partial charge in [0.05, 0.1) is 23.7 Å². The summed E-state index contributed by atoms with van der Waals surface area (Å²) in [6.07, 6.45) is 0. The number of benzene rings is 3. The highest BCUT2D eigenvalue weighted by molar-refractivity contribution is 7.99. The molecule has 0 radical (unpaired) electrons. The first kappa shape index (κ1) is 32.6. The molecular formula is C32H32N6O6S2. The minimum atomic E-state index is -3.71. The zero-order chi connectivity index (χ0) is 32.8. The third-order valence-corrected chi connectivity index (χ3v) is 10.1. The van der Waals surface area contributed by atoms with Gasteiger partial charge in [-0.15, -0.1) is 10.2 Å². The number of anilines is 1. The van der Waals surface area contributed by atoms with E-state index in [9.17, 15) is 22.8 Å². The number of Topliss-reactive ketones (excluding diaryl/α,β-unsaturated/α-hetero) is 1. The Kier molecular flexibility index (Phi) is 9.99. The highest BCUT2D eigenvalue weighted by atomic mass is 32.2. The molecule has 2 heterocycles. The van der Waals surface area contributed by atoms with Crippen LogP contribution in [0.25, 0.3) is 11.5 Å². The number of hydrogen-bond donors (Lipinski definition) is 1. The van der Waals surface area contributed by atoms with E-state index in [1.807, 2.05) is 36.4 Å². The van der Waals surface area contributed by atoms with Gasteiger partial charge in [-0.05, 0) is 29.3 Å². The Bertz CT molecular complexity index is 2070. The van der Waals surface area contributed by atoms with Crippen molar-refractivity contribution in [2.45, 2.75) is 37.1 Å². The zero-order valence-electron chi connectivity index (χ0n) is 25.2. The number of ketones is 1. The van der Waals surface area contributed by atoms with Gasteiger partial charge in [-0.2, -0.15) is 4.31 Å². The van der Waals surface area contributed by atoms with Gasteiger partial charge >= 0.3 is 5.69 Å². The van der Waals surface area contributed by atoms with Crippen LogP contribution in [0, 0.1) is 0 Å². The number of thioether (sulfide) groups is 1. The molecule has 0 saturated heterocycles. The van der Waals surface area contributed by atoms with Crippen LogP contribution in [0.4, 0.5) is 5.82 Å². The first-order valence-electron chi connectivity index (χ1n) is 14.4. The summed E-state index contributed by atoms with van der Waals surface area (Å²) in [4.78, 5) is 40.8. The Balaban J connectivity index is 1.42. The molecule has 238 valence electrons. The normalized spacial score (nSPS) is 11.6. The number of hydrogen-bond acceptors (Lipinski definition) is 10. The van der Waals surface area contributed by atoms with Crippen molar-refractivity contribution in [3.63, 3.8) is 0 Å². The molecule has 2 N–H and O–H groups in total. The number of nitrogens with zero attached hydrogens (tertiary/aromatic N) is 5. The first-order valence-corrected chi connectivity index (χ1v) is 16.9. The topological polar surface area (TPSA) is 163 Å². The summed E-state index contributed by atoms with van der Waals surface area (Å²) in [5.41, 5.74) is 6.47. The maximum absolute atomic E-state index is 13.6. The van der Waals surface area contributed by atoms with Gasteiger partial charge < -0.3 is 10.2 Å². The van der Waals surface area contributed by atoms with Gasteiger partial charge in [0.2, 0.25) is 15.9 Å². The Labute approximate surface area is 269 Å². The van der Waals surface area contributed by atoms with Crippen molar-refractivity contribution < 1.29 is 17.6 Å². The molecule has 0 spiro atoms. The molecule has 2 aromatic heterocycles. The molecule has 0 atom stereocenters. The molecular weight excluding hydrogens is 629 g/mol. The summed E-state index contributed by atoms with van der Waals surface area (Å²) in [7, 11) is -3.71. The van der Waals surface area contributed by atoms with Crippen LogP contribution in [0.5, 0.6) is 0 Å². The Morgan fingerprint density at radius 1 is 0.870 bits per heavy atom. The third-order valence-electron chi connectivity index (χ3n) is 7.27. The third kappa shape index (κ3) is 6.88. The minimum absolute atomic E-state index is 0.0288. The Hall–Kier alpha value is -4.79. The molecule has 5 rings (SSSR count). The highest BCUT2D eigenvalue weighted by Gasteiger charge is 2.25. The lowest BCUT2D eigenvalue weighted by atomic mass is 10.1. The fourth-order valence-electron chi connectivity index (χ4n) is 4.89. The smallest absolute Gasteiger partial charge is 0.333 e. The maximum atomic E-state index is 13.6. The van der Waals surface area contributed by atoms with Gasteiger partial charge in [0.1, 0.15) is 11.4 Å². The van der Waals surface area contributed by atoms with E-state index in [0.717, 1.165) is 21.9 Å². The predicted molar refractivity (Wildman–Crippen MR) is 175 cm³/mol. The number of aromatic nitrogens is 4. The molecule has 3 aromatic carbocycles. The number of rotatable bonds is 13. The van der Waals surface area contributed by atoms with Gasteiger partial charge in [-0.1, -0.05) is 92.3 Å². The molecule has 0 aliphatic rings. The Morgan fingerprint density at radius 2 is 1.48 bits per heavy atom. The molecule has 5 aromatic rings. The zero-order valence-corrected chi connectivity index (χ0v) is 26.8. The lowest BCUT2D eigenvalue weighted by Gasteiger charge is -2.18. The van der Waals surface area contributed by atoms with Crippen molar-refractivity contribution in [2.75, 3.05) is 24.6 Å². The van der Waals surface area contributed by atoms with E-state index in [-0.39, 0.29) is 46.2 Å². The molecule has 0 aliphatic heterocycles. The maximum Gasteiger partial charge on any atom is 0.333 e. The summed E-state index contributed by atoms with van der Waals surface area (Å²) < 4.78 is 35.3. The van der Waals surface area contributed by atoms with Crippen molar-refractivity contribution in [3.8, 4) is 11.5 Å². The van der Waals surface area contributed by atoms with Crippen LogP contribution < -0.4 is 17.0 Å². The predicted octanol–water partition coefficient (Wildman–Crippen LogP) is 3.74. The number of nitrogens with two attached hydrogens (primary N) is 1. The monoisotopic (exact) mass is 660 g/mol. The van der Waals surface area contributed by atoms with Crippen molar-refractivity contribution in [1.29, 1.82) is 0 Å². The van der Waals surface area contributed by atoms with Gasteiger partial charge in [0.25, 0.3) is 10.8 Å². The molecule has 0 amide bonds. The molecule has 46 heavy (non-hydrogen) atoms. The average Bonchev–Trinajstić information content (AvgIpc) is 3.55. The molecule has 0 aliphatic carbocycles. The average molecular weight is 661 g/mol. The lowest BCUT2D eigenvalue weighted by molar-refractivity contribution is 0.102. The molecule has 0 saturated carbocycles. The lowest BCUT2D eigenvalue weighted by Crippen LogP contribution is -2.44. The van der Waals surface area contributed by atoms with Crippen LogP contribution in [0.2, 0.25) is 0 Å². The van der Waals surface area contributed by atoms with E-state index in [1.54, 1.807) is 50.2 Å². The standard InChI is InChI=1S/C32H32N6O6S2/c1-3-36(4-2)46(42,43)25-17-11-16-24(18-25)29-34-35-31(44-29)45-21-26(39)27-28(33)37(19-22-12-7-5-8-13-22)32(41)38(30(27)40)20-23-14-9-6-10-15-23/h5-18H,3-4,19-21,33H2,1-2H3. The van der Waals surface area contributed by atoms with Gasteiger partial charge in [0.15, 0.2) is 5.78 Å². The van der Waals surface area contributed by atoms with Gasteiger partial charge in [-0.25, -0.2) is 13.2 Å². The molecule has 0 unspecified atom stereocenters. The molecule has 0 fully saturated rings. The number of nitrogen functional groups attached to an aromatic ring is 1. The number of carbonyl (C=O) groups excluding carboxylic acids is 1. The quantitative estimate of drug-likeness (QED) is 0.145. The van der Waals surface area contributed by atoms with Crippen LogP contribution in [-0.4, -0.2) is 56.7 Å². The molecule has 0 bridgehead atoms. The summed E-state index contributed by atoms with van der Waals surface area (Å²) in [6.45, 7) is 4.19. The second kappa shape index (κ2) is 14.1. The van der Waals surface area contributed by atoms with Crippen molar-refractivity contribution in [2.24, 2.45) is 0 Å². The fraction of sp³-hybridized carbons (Fsp3) is 0.219. The van der Waals surface area contributed by atoms with Gasteiger partial charge in [-0.3, -0.25) is 18.7 Å². The SMILES string of the molecule is CCN(CC)S(=O)(=O)c1cccc(-c2nnc(SCC(=O)c3c(N)n(Cc4ccccc4)c(=O)n(Cc4ccccc4)c3=O)o2)c1. The first-order chi connectivity index (χ1) is 22.1. The number of sulfonamides is 1. The second-order valence-electron chi connectivity index (χ2n) is 10.2. The van der Waals surface area contributed by atoms with E-state index >= 15 is 0 Å². The van der Waals surface area contributed by atoms with Crippen molar-refractivity contribution in [1.82, 2.24) is 23.6 Å². The molecule has 14 heteroatoms. The summed E-state index contributed by atoms with van der Waals surface area (Å²) in [6, 6.07) is 24.2. The van der Waals surface area contributed by atoms with Crippen molar-refractivity contribution >= 4 is 33.4 Å². The van der Waals surface area contributed by atoms with E-state index in [0.29, 0.717) is 24.2 Å². The fourth-order valence-corrected chi connectivity index (χ4v) is 7.03. The summed E-state index contributed by atoms with van der Waals surface area (Å²) in [5, 5.41) is 8.04. The van der Waals surface area contributed by atoms with Gasteiger partial charge in [0, 0.05) is 18.7 Å². The van der Waals surface area contributed by atoms with E-state index in [4.69, 9.17) is 10.2 Å². The van der Waals surface area contributed by atoms with E-state index < -0.39 is 27.1 Å². The minimum Gasteiger partial charge on any atom is -0.411 e. The largest absolute Gasteiger partial charge is 0.411 e. The Morgan fingerprint density at radius 3 is 2.09 bits per heavy atom. The summed E-state index contributed by atoms with van der Waals surface area (Å²) in [5.74, 6) is -1.08. The summed E-state index contributed by atoms with van der Waals surface area (Å²) >= 11 is 0.895. The second-order valence-corrected chi connectivity index (χ2v) is 13.1. The van der Waals surface area contributed by atoms with Crippen LogP contribution >= 0.6 is 11.8 Å². The van der Waals surface area contributed by atoms with Crippen LogP contribution in [-0.2, 0) is 23.1 Å². The van der Waals surface area contributed by atoms with Crippen molar-refractivity contribution in [3.05, 3.63) is 122 Å². The highest BCUT2D eigenvalue weighted by Crippen LogP contribution is 2.27. The van der Waals surface area contributed by atoms with Crippen LogP contribution in [0.1, 0.15) is 35.3 Å². The molecule has 12 nitrogen and oxygen atoms in total.